The normalized spacial score (nSPS) is 10.4. The van der Waals surface area contributed by atoms with Gasteiger partial charge in [0.25, 0.3) is 5.91 Å². The lowest BCUT2D eigenvalue weighted by molar-refractivity contribution is -0.121. The van der Waals surface area contributed by atoms with Crippen molar-refractivity contribution in [1.29, 1.82) is 0 Å². The van der Waals surface area contributed by atoms with Crippen LogP contribution in [-0.4, -0.2) is 25.5 Å². The summed E-state index contributed by atoms with van der Waals surface area (Å²) in [6.07, 6.45) is 1.44. The van der Waals surface area contributed by atoms with Gasteiger partial charge >= 0.3 is 0 Å². The molecule has 2 amide bonds. The van der Waals surface area contributed by atoms with Gasteiger partial charge in [-0.1, -0.05) is 12.1 Å². The second-order valence-corrected chi connectivity index (χ2v) is 6.35. The Morgan fingerprint density at radius 1 is 1.03 bits per heavy atom. The number of benzene rings is 2. The van der Waals surface area contributed by atoms with Crippen LogP contribution in [0.3, 0.4) is 0 Å². The summed E-state index contributed by atoms with van der Waals surface area (Å²) in [5.74, 6) is 0.411. The van der Waals surface area contributed by atoms with Gasteiger partial charge in [-0.05, 0) is 60.5 Å². The Morgan fingerprint density at radius 3 is 2.48 bits per heavy atom. The summed E-state index contributed by atoms with van der Waals surface area (Å²) in [5, 5.41) is 5.55. The van der Waals surface area contributed by atoms with Crippen molar-refractivity contribution in [3.8, 4) is 5.75 Å². The first kappa shape index (κ1) is 20.2. The molecule has 0 aliphatic heterocycles. The zero-order valence-corrected chi connectivity index (χ0v) is 16.2. The first-order valence-corrected chi connectivity index (χ1v) is 9.01. The minimum absolute atomic E-state index is 0.0674. The van der Waals surface area contributed by atoms with Crippen LogP contribution in [0.25, 0.3) is 0 Å². The summed E-state index contributed by atoms with van der Waals surface area (Å²) in [6, 6.07) is 15.9. The molecular weight excluding hydrogens is 372 g/mol. The number of hydrogen-bond donors (Lipinski definition) is 2. The molecule has 7 nitrogen and oxygen atoms in total. The molecule has 150 valence electrons. The molecule has 3 rings (SSSR count). The molecule has 29 heavy (non-hydrogen) atoms. The molecule has 2 N–H and O–H groups in total. The fourth-order valence-electron chi connectivity index (χ4n) is 2.65. The van der Waals surface area contributed by atoms with Gasteiger partial charge in [-0.3, -0.25) is 9.59 Å². The number of hydrogen-bond acceptors (Lipinski definition) is 5. The molecule has 0 saturated carbocycles. The molecule has 3 aromatic rings. The smallest absolute Gasteiger partial charge is 0.291 e. The molecule has 0 bridgehead atoms. The van der Waals surface area contributed by atoms with Crippen molar-refractivity contribution in [2.24, 2.45) is 0 Å². The third-order valence-corrected chi connectivity index (χ3v) is 4.16. The number of carbonyl (C=O) groups excluding carboxylic acids is 2. The molecule has 1 aromatic heterocycles. The average molecular weight is 394 g/mol. The number of rotatable bonds is 8. The summed E-state index contributed by atoms with van der Waals surface area (Å²) >= 11 is 0. The van der Waals surface area contributed by atoms with E-state index in [2.05, 4.69) is 10.6 Å². The third kappa shape index (κ3) is 5.70. The number of carbonyl (C=O) groups is 2. The van der Waals surface area contributed by atoms with E-state index in [4.69, 9.17) is 13.9 Å². The predicted octanol–water partition coefficient (Wildman–Crippen LogP) is 4.00. The second-order valence-electron chi connectivity index (χ2n) is 6.35. The van der Waals surface area contributed by atoms with Crippen molar-refractivity contribution < 1.29 is 23.5 Å². The van der Waals surface area contributed by atoms with E-state index >= 15 is 0 Å². The van der Waals surface area contributed by atoms with E-state index in [1.54, 1.807) is 37.4 Å². The molecular formula is C22H22N2O5. The minimum atomic E-state index is -0.332. The van der Waals surface area contributed by atoms with Crippen LogP contribution in [0, 0.1) is 6.92 Å². The zero-order valence-electron chi connectivity index (χ0n) is 16.2. The molecule has 7 heteroatoms. The quantitative estimate of drug-likeness (QED) is 0.603. The van der Waals surface area contributed by atoms with Gasteiger partial charge in [0.05, 0.1) is 20.0 Å². The van der Waals surface area contributed by atoms with Crippen molar-refractivity contribution in [1.82, 2.24) is 0 Å². The maximum atomic E-state index is 12.1. The third-order valence-electron chi connectivity index (χ3n) is 4.16. The van der Waals surface area contributed by atoms with Crippen LogP contribution in [0.5, 0.6) is 5.75 Å². The van der Waals surface area contributed by atoms with Crippen LogP contribution in [0.15, 0.2) is 65.3 Å². The maximum absolute atomic E-state index is 12.1. The lowest BCUT2D eigenvalue weighted by Gasteiger charge is -2.11. The van der Waals surface area contributed by atoms with E-state index in [1.165, 1.54) is 6.26 Å². The highest BCUT2D eigenvalue weighted by Gasteiger charge is 2.11. The van der Waals surface area contributed by atoms with Crippen molar-refractivity contribution >= 4 is 23.2 Å². The standard InChI is InChI=1S/C22H22N2O5/c1-15-12-17(7-10-19(15)24-22(26)20-4-3-11-29-20)23-21(25)14-28-13-16-5-8-18(27-2)9-6-16/h3-12H,13-14H2,1-2H3,(H,23,25)(H,24,26). The van der Waals surface area contributed by atoms with Crippen LogP contribution < -0.4 is 15.4 Å². The number of aryl methyl sites for hydroxylation is 1. The van der Waals surface area contributed by atoms with Crippen molar-refractivity contribution in [3.63, 3.8) is 0 Å². The van der Waals surface area contributed by atoms with Crippen LogP contribution in [0.1, 0.15) is 21.7 Å². The molecule has 0 aliphatic rings. The van der Waals surface area contributed by atoms with Crippen LogP contribution in [0.2, 0.25) is 0 Å². The van der Waals surface area contributed by atoms with Crippen molar-refractivity contribution in [3.05, 3.63) is 77.7 Å². The molecule has 0 spiro atoms. The van der Waals surface area contributed by atoms with E-state index in [0.717, 1.165) is 16.9 Å². The Labute approximate surface area is 168 Å². The van der Waals surface area contributed by atoms with Gasteiger partial charge in [-0.15, -0.1) is 0 Å². The highest BCUT2D eigenvalue weighted by Crippen LogP contribution is 2.20. The van der Waals surface area contributed by atoms with Gasteiger partial charge in [0.2, 0.25) is 5.91 Å². The Morgan fingerprint density at radius 2 is 1.83 bits per heavy atom. The number of amides is 2. The number of nitrogens with one attached hydrogen (secondary N) is 2. The van der Waals surface area contributed by atoms with Crippen LogP contribution in [-0.2, 0) is 16.1 Å². The second kappa shape index (κ2) is 9.57. The van der Waals surface area contributed by atoms with E-state index in [9.17, 15) is 9.59 Å². The van der Waals surface area contributed by atoms with Gasteiger partial charge in [0.15, 0.2) is 5.76 Å². The summed E-state index contributed by atoms with van der Waals surface area (Å²) in [5.41, 5.74) is 3.02. The van der Waals surface area contributed by atoms with Gasteiger partial charge in [-0.25, -0.2) is 0 Å². The highest BCUT2D eigenvalue weighted by molar-refractivity contribution is 6.03. The fourth-order valence-corrected chi connectivity index (χ4v) is 2.65. The molecule has 2 aromatic carbocycles. The van der Waals surface area contributed by atoms with E-state index in [-0.39, 0.29) is 24.2 Å². The Balaban J connectivity index is 1.48. The number of ether oxygens (including phenoxy) is 2. The first-order chi connectivity index (χ1) is 14.0. The molecule has 1 heterocycles. The molecule has 0 aliphatic carbocycles. The van der Waals surface area contributed by atoms with E-state index in [0.29, 0.717) is 18.0 Å². The van der Waals surface area contributed by atoms with Crippen molar-refractivity contribution in [2.45, 2.75) is 13.5 Å². The Bertz CT molecular complexity index is 965. The van der Waals surface area contributed by atoms with E-state index < -0.39 is 0 Å². The monoisotopic (exact) mass is 394 g/mol. The Hall–Kier alpha value is -3.58. The molecule has 0 saturated heterocycles. The topological polar surface area (TPSA) is 89.8 Å². The lowest BCUT2D eigenvalue weighted by atomic mass is 10.1. The fraction of sp³-hybridized carbons (Fsp3) is 0.182. The summed E-state index contributed by atoms with van der Waals surface area (Å²) < 4.78 is 15.6. The van der Waals surface area contributed by atoms with Gasteiger partial charge in [0.1, 0.15) is 12.4 Å². The number of anilines is 2. The van der Waals surface area contributed by atoms with Crippen LogP contribution >= 0.6 is 0 Å². The van der Waals surface area contributed by atoms with Gasteiger partial charge < -0.3 is 24.5 Å². The largest absolute Gasteiger partial charge is 0.497 e. The Kier molecular flexibility index (Phi) is 6.65. The molecule has 0 atom stereocenters. The number of furan rings is 1. The summed E-state index contributed by atoms with van der Waals surface area (Å²) in [4.78, 5) is 24.2. The zero-order chi connectivity index (χ0) is 20.6. The summed E-state index contributed by atoms with van der Waals surface area (Å²) in [7, 11) is 1.61. The van der Waals surface area contributed by atoms with Gasteiger partial charge in [0, 0.05) is 11.4 Å². The van der Waals surface area contributed by atoms with Gasteiger partial charge in [-0.2, -0.15) is 0 Å². The summed E-state index contributed by atoms with van der Waals surface area (Å²) in [6.45, 7) is 2.10. The highest BCUT2D eigenvalue weighted by atomic mass is 16.5. The van der Waals surface area contributed by atoms with Crippen LogP contribution in [0.4, 0.5) is 11.4 Å². The predicted molar refractivity (Wildman–Crippen MR) is 109 cm³/mol. The van der Waals surface area contributed by atoms with Crippen molar-refractivity contribution in [2.75, 3.05) is 24.4 Å². The molecule has 0 unspecified atom stereocenters. The molecule has 0 fully saturated rings. The average Bonchev–Trinajstić information content (AvgIpc) is 3.25. The maximum Gasteiger partial charge on any atom is 0.291 e. The molecule has 0 radical (unpaired) electrons. The number of methoxy groups -OCH3 is 1. The van der Waals surface area contributed by atoms with E-state index in [1.807, 2.05) is 31.2 Å². The minimum Gasteiger partial charge on any atom is -0.497 e. The lowest BCUT2D eigenvalue weighted by Crippen LogP contribution is -2.18. The first-order valence-electron chi connectivity index (χ1n) is 9.01. The SMILES string of the molecule is COc1ccc(COCC(=O)Nc2ccc(NC(=O)c3ccco3)c(C)c2)cc1.